The first kappa shape index (κ1) is 70.1. The summed E-state index contributed by atoms with van der Waals surface area (Å²) in [6, 6.07) is 0. The number of carbonyl (C=O) groups is 2. The number of carbonyl (C=O) groups excluding carboxylic acids is 2. The second-order valence-corrected chi connectivity index (χ2v) is 22.0. The summed E-state index contributed by atoms with van der Waals surface area (Å²) in [5, 5.41) is 0. The maximum Gasteiger partial charge on any atom is 0.306 e. The summed E-state index contributed by atoms with van der Waals surface area (Å²) in [7, 11) is 0. The Hall–Kier alpha value is -1.88. The first-order valence-electron chi connectivity index (χ1n) is 32.5. The summed E-state index contributed by atoms with van der Waals surface area (Å²) >= 11 is 0. The van der Waals surface area contributed by atoms with Crippen LogP contribution in [0.2, 0.25) is 0 Å². The highest BCUT2D eigenvalue weighted by Crippen LogP contribution is 2.17. The van der Waals surface area contributed by atoms with Crippen LogP contribution < -0.4 is 0 Å². The Morgan fingerprint density at radius 3 is 0.958 bits per heavy atom. The molecular weight excluding hydrogens is 885 g/mol. The van der Waals surface area contributed by atoms with Crippen LogP contribution in [0, 0.1) is 0 Å². The van der Waals surface area contributed by atoms with E-state index in [0.717, 1.165) is 44.9 Å². The van der Waals surface area contributed by atoms with Gasteiger partial charge in [-0.3, -0.25) is 9.59 Å². The topological polar surface area (TPSA) is 61.8 Å². The summed E-state index contributed by atoms with van der Waals surface area (Å²) in [6.45, 7) is 7.87. The van der Waals surface area contributed by atoms with E-state index in [1.165, 1.54) is 276 Å². The lowest BCUT2D eigenvalue weighted by molar-refractivity contribution is -0.163. The Kier molecular flexibility index (Phi) is 61.8. The molecule has 0 aromatic rings. The minimum atomic E-state index is -0.536. The minimum Gasteiger partial charge on any atom is -0.462 e. The number of ether oxygens (including phenoxy) is 3. The highest BCUT2D eigenvalue weighted by molar-refractivity contribution is 5.70. The average Bonchev–Trinajstić information content (AvgIpc) is 3.38. The second kappa shape index (κ2) is 63.4. The van der Waals surface area contributed by atoms with E-state index in [1.807, 2.05) is 0 Å². The van der Waals surface area contributed by atoms with Gasteiger partial charge in [-0.05, 0) is 77.0 Å². The van der Waals surface area contributed by atoms with Gasteiger partial charge in [0.05, 0.1) is 6.61 Å². The quantitative estimate of drug-likeness (QED) is 0.0345. The molecule has 1 atom stereocenters. The normalized spacial score (nSPS) is 12.3. The van der Waals surface area contributed by atoms with Crippen molar-refractivity contribution in [3.63, 3.8) is 0 Å². The Balaban J connectivity index is 4.23. The third kappa shape index (κ3) is 60.7. The molecule has 0 bridgehead atoms. The molecule has 0 rings (SSSR count). The molecule has 0 spiro atoms. The van der Waals surface area contributed by atoms with Crippen LogP contribution in [0.15, 0.2) is 36.5 Å². The standard InChI is InChI=1S/C67H126O5/c1-4-7-10-13-16-19-22-25-28-31-33-35-38-41-44-47-50-53-56-59-62-70-63-65(72-67(69)61-58-55-52-49-46-43-40-36-30-27-24-21-18-15-12-9-6-3)64-71-66(68)60-57-54-51-48-45-42-39-37-34-32-29-26-23-20-17-14-11-8-5-2/h16,19,25-26,28-29,65H,4-15,17-18,20-24,27,30-64H2,1-3H3/b19-16-,28-25-,29-26-. The van der Waals surface area contributed by atoms with Crippen molar-refractivity contribution in [2.75, 3.05) is 19.8 Å². The molecule has 5 heteroatoms. The van der Waals surface area contributed by atoms with E-state index in [0.29, 0.717) is 26.1 Å². The van der Waals surface area contributed by atoms with Crippen LogP contribution in [0.3, 0.4) is 0 Å². The Morgan fingerprint density at radius 2 is 0.583 bits per heavy atom. The molecule has 424 valence electrons. The predicted octanol–water partition coefficient (Wildman–Crippen LogP) is 22.5. The average molecular weight is 1010 g/mol. The lowest BCUT2D eigenvalue weighted by Crippen LogP contribution is -2.30. The van der Waals surface area contributed by atoms with Gasteiger partial charge in [-0.1, -0.05) is 301 Å². The van der Waals surface area contributed by atoms with Crippen LogP contribution in [0.1, 0.15) is 355 Å². The summed E-state index contributed by atoms with van der Waals surface area (Å²) in [5.74, 6) is -0.376. The number of hydrogen-bond donors (Lipinski definition) is 0. The van der Waals surface area contributed by atoms with Crippen molar-refractivity contribution in [1.29, 1.82) is 0 Å². The number of rotatable bonds is 61. The van der Waals surface area contributed by atoms with Crippen LogP contribution in [-0.2, 0) is 23.8 Å². The second-order valence-electron chi connectivity index (χ2n) is 22.0. The Bertz CT molecular complexity index is 1140. The molecule has 1 unspecified atom stereocenters. The van der Waals surface area contributed by atoms with Gasteiger partial charge < -0.3 is 14.2 Å². The van der Waals surface area contributed by atoms with Crippen LogP contribution in [0.5, 0.6) is 0 Å². The van der Waals surface area contributed by atoms with Crippen LogP contribution in [-0.4, -0.2) is 37.9 Å². The molecule has 0 aromatic heterocycles. The molecular formula is C67H126O5. The van der Waals surface area contributed by atoms with Gasteiger partial charge in [0.1, 0.15) is 6.61 Å². The van der Waals surface area contributed by atoms with Gasteiger partial charge in [0.25, 0.3) is 0 Å². The minimum absolute atomic E-state index is 0.0894. The first-order valence-corrected chi connectivity index (χ1v) is 32.5. The fraction of sp³-hybridized carbons (Fsp3) is 0.881. The van der Waals surface area contributed by atoms with Crippen molar-refractivity contribution in [1.82, 2.24) is 0 Å². The first-order chi connectivity index (χ1) is 35.6. The summed E-state index contributed by atoms with van der Waals surface area (Å²) in [6.07, 6.45) is 79.0. The predicted molar refractivity (Wildman–Crippen MR) is 316 cm³/mol. The van der Waals surface area contributed by atoms with E-state index in [4.69, 9.17) is 14.2 Å². The lowest BCUT2D eigenvalue weighted by Gasteiger charge is -2.18. The SMILES string of the molecule is CCCCC/C=C\C/C=C\CCCCCCCCCCCCOCC(COC(=O)CCCCCCCCCCC/C=C\CCCCCCCC)OC(=O)CCCCCCCCCCCCCCCCCCC. The number of allylic oxidation sites excluding steroid dienone is 6. The molecule has 0 saturated heterocycles. The molecule has 0 saturated carbocycles. The third-order valence-electron chi connectivity index (χ3n) is 14.6. The smallest absolute Gasteiger partial charge is 0.306 e. The summed E-state index contributed by atoms with van der Waals surface area (Å²) in [5.41, 5.74) is 0. The van der Waals surface area contributed by atoms with E-state index in [9.17, 15) is 9.59 Å². The molecule has 0 heterocycles. The van der Waals surface area contributed by atoms with Gasteiger partial charge in [0, 0.05) is 19.4 Å². The Labute approximate surface area is 450 Å². The lowest BCUT2D eigenvalue weighted by atomic mass is 10.0. The number of esters is 2. The van der Waals surface area contributed by atoms with Crippen molar-refractivity contribution in [2.45, 2.75) is 361 Å². The molecule has 0 aromatic carbocycles. The molecule has 5 nitrogen and oxygen atoms in total. The van der Waals surface area contributed by atoms with Gasteiger partial charge >= 0.3 is 11.9 Å². The zero-order valence-corrected chi connectivity index (χ0v) is 49.0. The van der Waals surface area contributed by atoms with E-state index in [-0.39, 0.29) is 18.5 Å². The van der Waals surface area contributed by atoms with Gasteiger partial charge in [-0.2, -0.15) is 0 Å². The number of hydrogen-bond acceptors (Lipinski definition) is 5. The van der Waals surface area contributed by atoms with E-state index >= 15 is 0 Å². The molecule has 0 fully saturated rings. The van der Waals surface area contributed by atoms with E-state index in [1.54, 1.807) is 0 Å². The third-order valence-corrected chi connectivity index (χ3v) is 14.6. The molecule has 0 aliphatic carbocycles. The van der Waals surface area contributed by atoms with Gasteiger partial charge in [-0.15, -0.1) is 0 Å². The van der Waals surface area contributed by atoms with Crippen LogP contribution in [0.25, 0.3) is 0 Å². The van der Waals surface area contributed by atoms with Crippen molar-refractivity contribution >= 4 is 11.9 Å². The van der Waals surface area contributed by atoms with Gasteiger partial charge in [0.2, 0.25) is 0 Å². The van der Waals surface area contributed by atoms with Crippen molar-refractivity contribution < 1.29 is 23.8 Å². The molecule has 0 radical (unpaired) electrons. The van der Waals surface area contributed by atoms with E-state index in [2.05, 4.69) is 57.2 Å². The fourth-order valence-electron chi connectivity index (χ4n) is 9.77. The highest BCUT2D eigenvalue weighted by atomic mass is 16.6. The molecule has 0 aliphatic heterocycles. The molecule has 0 amide bonds. The largest absolute Gasteiger partial charge is 0.462 e. The molecule has 0 aliphatic rings. The zero-order valence-electron chi connectivity index (χ0n) is 49.0. The van der Waals surface area contributed by atoms with Crippen LogP contribution in [0.4, 0.5) is 0 Å². The maximum atomic E-state index is 12.9. The van der Waals surface area contributed by atoms with Crippen molar-refractivity contribution in [2.24, 2.45) is 0 Å². The van der Waals surface area contributed by atoms with Crippen molar-refractivity contribution in [3.8, 4) is 0 Å². The maximum absolute atomic E-state index is 12.9. The Morgan fingerprint density at radius 1 is 0.306 bits per heavy atom. The fourth-order valence-corrected chi connectivity index (χ4v) is 9.77. The molecule has 72 heavy (non-hydrogen) atoms. The highest BCUT2D eigenvalue weighted by Gasteiger charge is 2.18. The number of unbranched alkanes of at least 4 members (excludes halogenated alkanes) is 44. The van der Waals surface area contributed by atoms with Crippen LogP contribution >= 0.6 is 0 Å². The van der Waals surface area contributed by atoms with E-state index < -0.39 is 6.10 Å². The summed E-state index contributed by atoms with van der Waals surface area (Å²) < 4.78 is 17.6. The monoisotopic (exact) mass is 1010 g/mol. The summed E-state index contributed by atoms with van der Waals surface area (Å²) in [4.78, 5) is 25.6. The van der Waals surface area contributed by atoms with Crippen molar-refractivity contribution in [3.05, 3.63) is 36.5 Å². The van der Waals surface area contributed by atoms with Gasteiger partial charge in [0.15, 0.2) is 6.10 Å². The zero-order chi connectivity index (χ0) is 52.0. The van der Waals surface area contributed by atoms with Gasteiger partial charge in [-0.25, -0.2) is 0 Å². The molecule has 0 N–H and O–H groups in total.